The highest BCUT2D eigenvalue weighted by Crippen LogP contribution is 2.15. The van der Waals surface area contributed by atoms with E-state index in [9.17, 15) is 9.59 Å². The van der Waals surface area contributed by atoms with Gasteiger partial charge in [-0.15, -0.1) is 0 Å². The summed E-state index contributed by atoms with van der Waals surface area (Å²) in [6, 6.07) is 5.52. The summed E-state index contributed by atoms with van der Waals surface area (Å²) >= 11 is 3.35. The van der Waals surface area contributed by atoms with Gasteiger partial charge in [-0.3, -0.25) is 9.59 Å². The molecule has 0 fully saturated rings. The smallest absolute Gasteiger partial charge is 0.305 e. The molecule has 0 aliphatic carbocycles. The molecule has 0 aromatic heterocycles. The molecule has 1 N–H and O–H groups in total. The van der Waals surface area contributed by atoms with Gasteiger partial charge in [0.25, 0.3) is 5.91 Å². The maximum Gasteiger partial charge on any atom is 0.305 e. The Morgan fingerprint density at radius 3 is 2.67 bits per heavy atom. The Kier molecular flexibility index (Phi) is 5.85. The number of aryl methyl sites for hydroxylation is 1. The molecule has 0 aliphatic rings. The number of nitrogens with one attached hydrogen (secondary N) is 1. The quantitative estimate of drug-likeness (QED) is 0.671. The highest BCUT2D eigenvalue weighted by molar-refractivity contribution is 9.10. The molecule has 0 bridgehead atoms. The van der Waals surface area contributed by atoms with Crippen LogP contribution in [-0.4, -0.2) is 25.5 Å². The van der Waals surface area contributed by atoms with Crippen molar-refractivity contribution in [3.8, 4) is 0 Å². The molecule has 0 atom stereocenters. The first kappa shape index (κ1) is 14.7. The lowest BCUT2D eigenvalue weighted by Gasteiger charge is -2.06. The van der Waals surface area contributed by atoms with Crippen molar-refractivity contribution in [1.29, 1.82) is 0 Å². The highest BCUT2D eigenvalue weighted by atomic mass is 79.9. The second kappa shape index (κ2) is 7.16. The Morgan fingerprint density at radius 2 is 2.06 bits per heavy atom. The zero-order valence-electron chi connectivity index (χ0n) is 10.5. The van der Waals surface area contributed by atoms with Crippen molar-refractivity contribution >= 4 is 27.8 Å². The molecule has 0 spiro atoms. The highest BCUT2D eigenvalue weighted by Gasteiger charge is 2.07. The van der Waals surface area contributed by atoms with Gasteiger partial charge in [0.05, 0.1) is 7.11 Å². The maximum absolute atomic E-state index is 11.8. The van der Waals surface area contributed by atoms with E-state index in [-0.39, 0.29) is 11.9 Å². The van der Waals surface area contributed by atoms with E-state index in [0.717, 1.165) is 10.0 Å². The number of amides is 1. The van der Waals surface area contributed by atoms with Crippen LogP contribution in [0, 0.1) is 6.92 Å². The van der Waals surface area contributed by atoms with Gasteiger partial charge in [-0.2, -0.15) is 0 Å². The van der Waals surface area contributed by atoms with Crippen LogP contribution in [0.3, 0.4) is 0 Å². The molecular formula is C13H16BrNO3. The minimum Gasteiger partial charge on any atom is -0.469 e. The van der Waals surface area contributed by atoms with Crippen LogP contribution < -0.4 is 5.32 Å². The first-order chi connectivity index (χ1) is 8.52. The van der Waals surface area contributed by atoms with E-state index in [1.807, 2.05) is 19.1 Å². The average Bonchev–Trinajstić information content (AvgIpc) is 2.32. The van der Waals surface area contributed by atoms with Crippen molar-refractivity contribution in [2.24, 2.45) is 0 Å². The van der Waals surface area contributed by atoms with Gasteiger partial charge in [-0.25, -0.2) is 0 Å². The lowest BCUT2D eigenvalue weighted by Crippen LogP contribution is -2.25. The number of carbonyl (C=O) groups excluding carboxylic acids is 2. The number of benzene rings is 1. The second-order valence-electron chi connectivity index (χ2n) is 3.95. The van der Waals surface area contributed by atoms with Crippen molar-refractivity contribution in [2.45, 2.75) is 19.8 Å². The lowest BCUT2D eigenvalue weighted by atomic mass is 10.1. The number of ether oxygens (including phenoxy) is 1. The van der Waals surface area contributed by atoms with E-state index >= 15 is 0 Å². The Balaban J connectivity index is 2.43. The second-order valence-corrected chi connectivity index (χ2v) is 4.87. The van der Waals surface area contributed by atoms with Crippen LogP contribution in [0.15, 0.2) is 22.7 Å². The topological polar surface area (TPSA) is 55.4 Å². The van der Waals surface area contributed by atoms with Gasteiger partial charge in [-0.1, -0.05) is 15.9 Å². The van der Waals surface area contributed by atoms with Gasteiger partial charge in [0.1, 0.15) is 0 Å². The fourth-order valence-corrected chi connectivity index (χ4v) is 2.11. The number of hydrogen-bond donors (Lipinski definition) is 1. The largest absolute Gasteiger partial charge is 0.469 e. The number of halogens is 1. The molecule has 1 aromatic carbocycles. The van der Waals surface area contributed by atoms with Crippen molar-refractivity contribution in [3.63, 3.8) is 0 Å². The SMILES string of the molecule is COC(=O)CCCNC(=O)c1cc(C)cc(Br)c1. The summed E-state index contributed by atoms with van der Waals surface area (Å²) in [6.07, 6.45) is 0.889. The van der Waals surface area contributed by atoms with Crippen molar-refractivity contribution < 1.29 is 14.3 Å². The molecule has 1 amide bonds. The van der Waals surface area contributed by atoms with Gasteiger partial charge < -0.3 is 10.1 Å². The first-order valence-corrected chi connectivity index (χ1v) is 6.44. The van der Waals surface area contributed by atoms with Gasteiger partial charge in [0, 0.05) is 23.0 Å². The van der Waals surface area contributed by atoms with Crippen molar-refractivity contribution in [3.05, 3.63) is 33.8 Å². The van der Waals surface area contributed by atoms with Crippen LogP contribution >= 0.6 is 15.9 Å². The predicted octanol–water partition coefficient (Wildman–Crippen LogP) is 2.44. The van der Waals surface area contributed by atoms with E-state index < -0.39 is 0 Å². The third kappa shape index (κ3) is 4.87. The normalized spacial score (nSPS) is 9.94. The molecule has 0 saturated heterocycles. The number of carbonyl (C=O) groups is 2. The minimum atomic E-state index is -0.262. The molecule has 0 unspecified atom stereocenters. The summed E-state index contributed by atoms with van der Waals surface area (Å²) < 4.78 is 5.39. The fraction of sp³-hybridized carbons (Fsp3) is 0.385. The Labute approximate surface area is 115 Å². The van der Waals surface area contributed by atoms with Crippen LogP contribution in [0.2, 0.25) is 0 Å². The van der Waals surface area contributed by atoms with Gasteiger partial charge >= 0.3 is 5.97 Å². The lowest BCUT2D eigenvalue weighted by molar-refractivity contribution is -0.140. The summed E-state index contributed by atoms with van der Waals surface area (Å²) in [4.78, 5) is 22.7. The summed E-state index contributed by atoms with van der Waals surface area (Å²) in [6.45, 7) is 2.39. The van der Waals surface area contributed by atoms with Gasteiger partial charge in [-0.05, 0) is 37.1 Å². The Hall–Kier alpha value is -1.36. The van der Waals surface area contributed by atoms with E-state index in [1.165, 1.54) is 7.11 Å². The standard InChI is InChI=1S/C13H16BrNO3/c1-9-6-10(8-11(14)7-9)13(17)15-5-3-4-12(16)18-2/h6-8H,3-5H2,1-2H3,(H,15,17). The van der Waals surface area contributed by atoms with Crippen molar-refractivity contribution in [2.75, 3.05) is 13.7 Å². The molecule has 0 saturated carbocycles. The average molecular weight is 314 g/mol. The van der Waals surface area contributed by atoms with E-state index in [0.29, 0.717) is 24.9 Å². The van der Waals surface area contributed by atoms with Crippen LogP contribution in [0.25, 0.3) is 0 Å². The number of rotatable bonds is 5. The summed E-state index contributed by atoms with van der Waals surface area (Å²) in [5.74, 6) is -0.396. The van der Waals surface area contributed by atoms with Gasteiger partial charge in [0.15, 0.2) is 0 Å². The Bertz CT molecular complexity index is 426. The fourth-order valence-electron chi connectivity index (χ4n) is 1.51. The molecule has 98 valence electrons. The zero-order chi connectivity index (χ0) is 13.5. The van der Waals surface area contributed by atoms with Crippen LogP contribution in [0.1, 0.15) is 28.8 Å². The van der Waals surface area contributed by atoms with E-state index in [2.05, 4.69) is 26.0 Å². The molecule has 1 aromatic rings. The number of methoxy groups -OCH3 is 1. The van der Waals surface area contributed by atoms with Crippen LogP contribution in [-0.2, 0) is 9.53 Å². The van der Waals surface area contributed by atoms with Gasteiger partial charge in [0.2, 0.25) is 0 Å². The first-order valence-electron chi connectivity index (χ1n) is 5.65. The predicted molar refractivity (Wildman–Crippen MR) is 72.5 cm³/mol. The number of hydrogen-bond acceptors (Lipinski definition) is 3. The molecule has 5 heteroatoms. The third-order valence-corrected chi connectivity index (χ3v) is 2.83. The molecule has 4 nitrogen and oxygen atoms in total. The number of esters is 1. The van der Waals surface area contributed by atoms with Crippen LogP contribution in [0.5, 0.6) is 0 Å². The molecule has 18 heavy (non-hydrogen) atoms. The molecule has 0 radical (unpaired) electrons. The van der Waals surface area contributed by atoms with E-state index in [4.69, 9.17) is 0 Å². The van der Waals surface area contributed by atoms with E-state index in [1.54, 1.807) is 6.07 Å². The summed E-state index contributed by atoms with van der Waals surface area (Å²) in [5, 5.41) is 2.77. The third-order valence-electron chi connectivity index (χ3n) is 2.38. The summed E-state index contributed by atoms with van der Waals surface area (Å²) in [5.41, 5.74) is 1.63. The minimum absolute atomic E-state index is 0.135. The summed E-state index contributed by atoms with van der Waals surface area (Å²) in [7, 11) is 1.35. The monoisotopic (exact) mass is 313 g/mol. The Morgan fingerprint density at radius 1 is 1.33 bits per heavy atom. The molecule has 0 aliphatic heterocycles. The zero-order valence-corrected chi connectivity index (χ0v) is 12.0. The van der Waals surface area contributed by atoms with Crippen LogP contribution in [0.4, 0.5) is 0 Å². The maximum atomic E-state index is 11.8. The molecular weight excluding hydrogens is 298 g/mol. The molecule has 1 rings (SSSR count). The van der Waals surface area contributed by atoms with Crippen molar-refractivity contribution in [1.82, 2.24) is 5.32 Å². The molecule has 0 heterocycles.